The van der Waals surface area contributed by atoms with Crippen molar-refractivity contribution in [1.82, 2.24) is 20.5 Å². The van der Waals surface area contributed by atoms with Crippen LogP contribution in [0.4, 0.5) is 5.82 Å². The minimum absolute atomic E-state index is 0.256. The number of benzene rings is 1. The SMILES string of the molecule is c1cc2c(cc1-c1cn[nH]c1)COc1nc(N3CCC34CCCNC4)ccc1-2. The number of H-pyrrole nitrogens is 1. The van der Waals surface area contributed by atoms with Gasteiger partial charge in [-0.15, -0.1) is 0 Å². The number of nitrogens with one attached hydrogen (secondary N) is 2. The Hall–Kier alpha value is -2.86. The summed E-state index contributed by atoms with van der Waals surface area (Å²) in [5.41, 5.74) is 5.98. The molecule has 142 valence electrons. The van der Waals surface area contributed by atoms with Crippen molar-refractivity contribution in [3.05, 3.63) is 48.3 Å². The number of fused-ring (bicyclic) bond motifs is 3. The molecular formula is C22H23N5O. The Bertz CT molecular complexity index is 1020. The number of hydrogen-bond acceptors (Lipinski definition) is 5. The summed E-state index contributed by atoms with van der Waals surface area (Å²) in [6, 6.07) is 10.8. The number of ether oxygens (including phenoxy) is 1. The van der Waals surface area contributed by atoms with Gasteiger partial charge in [0.2, 0.25) is 5.88 Å². The summed E-state index contributed by atoms with van der Waals surface area (Å²) in [5.74, 6) is 1.80. The molecule has 1 atom stereocenters. The maximum absolute atomic E-state index is 6.08. The average Bonchev–Trinajstić information content (AvgIpc) is 3.28. The lowest BCUT2D eigenvalue weighted by molar-refractivity contribution is 0.209. The molecule has 0 amide bonds. The van der Waals surface area contributed by atoms with Crippen LogP contribution in [0.5, 0.6) is 5.88 Å². The van der Waals surface area contributed by atoms with Crippen molar-refractivity contribution in [1.29, 1.82) is 0 Å². The normalized spacial score (nSPS) is 22.9. The van der Waals surface area contributed by atoms with E-state index in [1.54, 1.807) is 0 Å². The van der Waals surface area contributed by atoms with Gasteiger partial charge in [0.15, 0.2) is 0 Å². The van der Waals surface area contributed by atoms with Crippen LogP contribution in [0.15, 0.2) is 42.7 Å². The van der Waals surface area contributed by atoms with Gasteiger partial charge in [-0.3, -0.25) is 5.10 Å². The van der Waals surface area contributed by atoms with E-state index in [9.17, 15) is 0 Å². The van der Waals surface area contributed by atoms with E-state index in [0.717, 1.165) is 48.0 Å². The first-order valence-electron chi connectivity index (χ1n) is 10.1. The van der Waals surface area contributed by atoms with E-state index in [-0.39, 0.29) is 5.54 Å². The predicted octanol–water partition coefficient (Wildman–Crippen LogP) is 3.36. The van der Waals surface area contributed by atoms with E-state index < -0.39 is 0 Å². The van der Waals surface area contributed by atoms with E-state index in [4.69, 9.17) is 9.72 Å². The Kier molecular flexibility index (Phi) is 3.50. The molecule has 3 aromatic rings. The summed E-state index contributed by atoms with van der Waals surface area (Å²) in [4.78, 5) is 7.39. The fourth-order valence-corrected chi connectivity index (χ4v) is 4.90. The van der Waals surface area contributed by atoms with Crippen LogP contribution in [0.2, 0.25) is 0 Å². The van der Waals surface area contributed by atoms with Crippen LogP contribution < -0.4 is 15.0 Å². The zero-order valence-electron chi connectivity index (χ0n) is 15.7. The Morgan fingerprint density at radius 3 is 2.82 bits per heavy atom. The third kappa shape index (κ3) is 2.37. The highest BCUT2D eigenvalue weighted by Crippen LogP contribution is 2.43. The number of pyridine rings is 1. The molecule has 2 fully saturated rings. The van der Waals surface area contributed by atoms with Crippen LogP contribution in [-0.2, 0) is 6.61 Å². The van der Waals surface area contributed by atoms with Crippen LogP contribution in [0.25, 0.3) is 22.3 Å². The zero-order valence-corrected chi connectivity index (χ0v) is 15.7. The molecule has 6 heteroatoms. The average molecular weight is 373 g/mol. The molecule has 6 nitrogen and oxygen atoms in total. The third-order valence-electron chi connectivity index (χ3n) is 6.54. The topological polar surface area (TPSA) is 66.1 Å². The van der Waals surface area contributed by atoms with Gasteiger partial charge >= 0.3 is 0 Å². The fraction of sp³-hybridized carbons (Fsp3) is 0.364. The molecule has 0 bridgehead atoms. The number of piperidine rings is 1. The van der Waals surface area contributed by atoms with Gasteiger partial charge in [-0.1, -0.05) is 12.1 Å². The first-order valence-corrected chi connectivity index (χ1v) is 10.1. The first-order chi connectivity index (χ1) is 13.8. The molecule has 2 N–H and O–H groups in total. The molecule has 2 aromatic heterocycles. The van der Waals surface area contributed by atoms with Gasteiger partial charge in [-0.05, 0) is 60.7 Å². The molecule has 1 unspecified atom stereocenters. The van der Waals surface area contributed by atoms with Crippen molar-refractivity contribution in [2.24, 2.45) is 0 Å². The van der Waals surface area contributed by atoms with Crippen molar-refractivity contribution in [3.63, 3.8) is 0 Å². The molecule has 1 aromatic carbocycles. The summed E-state index contributed by atoms with van der Waals surface area (Å²) in [6.45, 7) is 3.83. The number of rotatable bonds is 2. The number of nitrogens with zero attached hydrogens (tertiary/aromatic N) is 3. The Labute approximate surface area is 163 Å². The molecule has 0 aliphatic carbocycles. The second kappa shape index (κ2) is 6.07. The highest BCUT2D eigenvalue weighted by atomic mass is 16.5. The van der Waals surface area contributed by atoms with Crippen molar-refractivity contribution >= 4 is 5.82 Å². The summed E-state index contributed by atoms with van der Waals surface area (Å²) >= 11 is 0. The third-order valence-corrected chi connectivity index (χ3v) is 6.54. The fourth-order valence-electron chi connectivity index (χ4n) is 4.90. The smallest absolute Gasteiger partial charge is 0.223 e. The predicted molar refractivity (Wildman–Crippen MR) is 108 cm³/mol. The zero-order chi connectivity index (χ0) is 18.6. The number of aromatic amines is 1. The molecular weight excluding hydrogens is 350 g/mol. The van der Waals surface area contributed by atoms with E-state index in [1.807, 2.05) is 12.4 Å². The minimum atomic E-state index is 0.256. The van der Waals surface area contributed by atoms with E-state index in [2.05, 4.69) is 50.7 Å². The Morgan fingerprint density at radius 2 is 2.04 bits per heavy atom. The van der Waals surface area contributed by atoms with Gasteiger partial charge in [0.25, 0.3) is 0 Å². The maximum Gasteiger partial charge on any atom is 0.223 e. The molecule has 6 rings (SSSR count). The lowest BCUT2D eigenvalue weighted by atomic mass is 9.78. The van der Waals surface area contributed by atoms with E-state index >= 15 is 0 Å². The summed E-state index contributed by atoms with van der Waals surface area (Å²) in [7, 11) is 0. The molecule has 0 radical (unpaired) electrons. The van der Waals surface area contributed by atoms with Crippen molar-refractivity contribution in [2.45, 2.75) is 31.4 Å². The molecule has 0 saturated carbocycles. The van der Waals surface area contributed by atoms with E-state index in [1.165, 1.54) is 30.4 Å². The second-order valence-electron chi connectivity index (χ2n) is 8.08. The van der Waals surface area contributed by atoms with Gasteiger partial charge in [-0.2, -0.15) is 10.1 Å². The van der Waals surface area contributed by atoms with Crippen LogP contribution in [0.3, 0.4) is 0 Å². The van der Waals surface area contributed by atoms with Crippen molar-refractivity contribution in [3.8, 4) is 28.1 Å². The van der Waals surface area contributed by atoms with Crippen molar-refractivity contribution in [2.75, 3.05) is 24.5 Å². The van der Waals surface area contributed by atoms with Gasteiger partial charge in [0.05, 0.1) is 11.7 Å². The van der Waals surface area contributed by atoms with Gasteiger partial charge in [0.1, 0.15) is 12.4 Å². The van der Waals surface area contributed by atoms with Gasteiger partial charge in [0, 0.05) is 30.4 Å². The highest BCUT2D eigenvalue weighted by molar-refractivity contribution is 5.78. The molecule has 28 heavy (non-hydrogen) atoms. The molecule has 3 aliphatic heterocycles. The number of aromatic nitrogens is 3. The second-order valence-corrected chi connectivity index (χ2v) is 8.08. The summed E-state index contributed by atoms with van der Waals surface area (Å²) in [6.07, 6.45) is 7.50. The van der Waals surface area contributed by atoms with E-state index in [0.29, 0.717) is 6.61 Å². The molecule has 5 heterocycles. The van der Waals surface area contributed by atoms with Crippen LogP contribution in [-0.4, -0.2) is 40.4 Å². The number of anilines is 1. The summed E-state index contributed by atoms with van der Waals surface area (Å²) in [5, 5.41) is 10.5. The quantitative estimate of drug-likeness (QED) is 0.721. The molecule has 1 spiro atoms. The van der Waals surface area contributed by atoms with Gasteiger partial charge < -0.3 is 15.0 Å². The van der Waals surface area contributed by atoms with Crippen LogP contribution >= 0.6 is 0 Å². The highest BCUT2D eigenvalue weighted by Gasteiger charge is 2.46. The lowest BCUT2D eigenvalue weighted by Gasteiger charge is -2.55. The summed E-state index contributed by atoms with van der Waals surface area (Å²) < 4.78 is 6.08. The number of hydrogen-bond donors (Lipinski definition) is 2. The van der Waals surface area contributed by atoms with Gasteiger partial charge in [-0.25, -0.2) is 0 Å². The monoisotopic (exact) mass is 373 g/mol. The van der Waals surface area contributed by atoms with Crippen LogP contribution in [0.1, 0.15) is 24.8 Å². The largest absolute Gasteiger partial charge is 0.472 e. The lowest BCUT2D eigenvalue weighted by Crippen LogP contribution is -2.67. The standard InChI is InChI=1S/C22H23N5O/c1-6-22(14-23-8-1)7-9-27(22)20-5-4-19-18-3-2-15(17-11-24-25-12-17)10-16(18)13-28-21(19)26-20/h2-5,10-12,23H,1,6-9,13-14H2,(H,24,25). The molecule has 3 aliphatic rings. The van der Waals surface area contributed by atoms with Crippen molar-refractivity contribution < 1.29 is 4.74 Å². The maximum atomic E-state index is 6.08. The Morgan fingerprint density at radius 1 is 1.07 bits per heavy atom. The molecule has 2 saturated heterocycles. The minimum Gasteiger partial charge on any atom is -0.472 e. The first kappa shape index (κ1) is 16.1. The van der Waals surface area contributed by atoms with Crippen LogP contribution in [0, 0.1) is 0 Å². The Balaban J connectivity index is 1.33.